The molecule has 2 aliphatic rings. The summed E-state index contributed by atoms with van der Waals surface area (Å²) in [5.74, 6) is 1.52. The number of fused-ring (bicyclic) bond motifs is 1. The van der Waals surface area contributed by atoms with E-state index in [4.69, 9.17) is 0 Å². The van der Waals surface area contributed by atoms with Gasteiger partial charge in [-0.15, -0.1) is 0 Å². The molecule has 0 aliphatic heterocycles. The lowest BCUT2D eigenvalue weighted by Crippen LogP contribution is -2.31. The van der Waals surface area contributed by atoms with Crippen LogP contribution in [0.15, 0.2) is 42.6 Å². The maximum atomic E-state index is 2.51. The third-order valence-electron chi connectivity index (χ3n) is 7.76. The summed E-state index contributed by atoms with van der Waals surface area (Å²) in [5, 5.41) is 2.79. The highest BCUT2D eigenvalue weighted by Gasteiger charge is 2.24. The van der Waals surface area contributed by atoms with Crippen molar-refractivity contribution in [3.63, 3.8) is 0 Å². The fourth-order valence-electron chi connectivity index (χ4n) is 5.87. The van der Waals surface area contributed by atoms with Crippen LogP contribution in [-0.4, -0.2) is 0 Å². The van der Waals surface area contributed by atoms with Crippen LogP contribution in [-0.2, 0) is 7.05 Å². The lowest BCUT2D eigenvalue weighted by molar-refractivity contribution is -0.659. The summed E-state index contributed by atoms with van der Waals surface area (Å²) in [6.45, 7) is 4.59. The zero-order valence-electron chi connectivity index (χ0n) is 18.3. The van der Waals surface area contributed by atoms with Crippen LogP contribution in [0.25, 0.3) is 22.0 Å². The van der Waals surface area contributed by atoms with Gasteiger partial charge < -0.3 is 0 Å². The molecule has 0 N–H and O–H groups in total. The zero-order chi connectivity index (χ0) is 20.0. The van der Waals surface area contributed by atoms with E-state index in [-0.39, 0.29) is 0 Å². The van der Waals surface area contributed by atoms with Crippen LogP contribution < -0.4 is 4.57 Å². The van der Waals surface area contributed by atoms with Crippen molar-refractivity contribution in [2.24, 2.45) is 7.05 Å². The van der Waals surface area contributed by atoms with E-state index in [9.17, 15) is 0 Å². The second-order valence-electron chi connectivity index (χ2n) is 9.60. The first-order valence-electron chi connectivity index (χ1n) is 11.7. The van der Waals surface area contributed by atoms with Crippen LogP contribution >= 0.6 is 0 Å². The molecule has 0 unspecified atom stereocenters. The van der Waals surface area contributed by atoms with E-state index in [1.807, 2.05) is 0 Å². The van der Waals surface area contributed by atoms with Crippen molar-refractivity contribution in [1.29, 1.82) is 0 Å². The van der Waals surface area contributed by atoms with Gasteiger partial charge in [0.05, 0.1) is 10.9 Å². The predicted octanol–water partition coefficient (Wildman–Crippen LogP) is 7.26. The van der Waals surface area contributed by atoms with E-state index in [0.717, 1.165) is 11.8 Å². The van der Waals surface area contributed by atoms with Gasteiger partial charge in [0.1, 0.15) is 7.05 Å². The van der Waals surface area contributed by atoms with Crippen LogP contribution in [0.2, 0.25) is 0 Å². The molecule has 0 atom stereocenters. The second kappa shape index (κ2) is 7.59. The fraction of sp³-hybridized carbons (Fsp3) is 0.464. The molecule has 5 rings (SSSR count). The Morgan fingerprint density at radius 3 is 2.10 bits per heavy atom. The molecule has 2 saturated carbocycles. The molecule has 2 fully saturated rings. The summed E-state index contributed by atoms with van der Waals surface area (Å²) in [4.78, 5) is 0. The topological polar surface area (TPSA) is 3.88 Å². The van der Waals surface area contributed by atoms with Crippen LogP contribution in [0.4, 0.5) is 0 Å². The standard InChI is InChI=1S/C28H34N/c1-19-16-25(22-10-6-7-11-22)18-27(20(19)2)28-26-13-12-23(21-8-4-5-9-21)17-24(26)14-15-29(28)3/h12-18,21-22H,4-11H2,1-3H3/q+1. The van der Waals surface area contributed by atoms with Crippen molar-refractivity contribution in [3.8, 4) is 11.3 Å². The van der Waals surface area contributed by atoms with Crippen molar-refractivity contribution in [1.82, 2.24) is 0 Å². The minimum absolute atomic E-state index is 0.752. The summed E-state index contributed by atoms with van der Waals surface area (Å²) in [7, 11) is 2.21. The van der Waals surface area contributed by atoms with Crippen LogP contribution in [0, 0.1) is 13.8 Å². The van der Waals surface area contributed by atoms with Crippen molar-refractivity contribution in [2.45, 2.75) is 77.0 Å². The van der Waals surface area contributed by atoms with E-state index < -0.39 is 0 Å². The summed E-state index contributed by atoms with van der Waals surface area (Å²) >= 11 is 0. The van der Waals surface area contributed by atoms with Gasteiger partial charge in [-0.2, -0.15) is 0 Å². The number of rotatable bonds is 3. The highest BCUT2D eigenvalue weighted by atomic mass is 14.9. The molecule has 0 saturated heterocycles. The molecule has 150 valence electrons. The average molecular weight is 385 g/mol. The largest absolute Gasteiger partial charge is 0.220 e. The Balaban J connectivity index is 1.66. The van der Waals surface area contributed by atoms with E-state index in [1.54, 1.807) is 11.1 Å². The number of hydrogen-bond acceptors (Lipinski definition) is 0. The van der Waals surface area contributed by atoms with Crippen LogP contribution in [0.3, 0.4) is 0 Å². The van der Waals surface area contributed by atoms with Crippen LogP contribution in [0.1, 0.15) is 85.5 Å². The molecule has 0 radical (unpaired) electrons. The first kappa shape index (κ1) is 18.9. The summed E-state index contributed by atoms with van der Waals surface area (Å²) in [6, 6.07) is 14.6. The van der Waals surface area contributed by atoms with E-state index in [1.165, 1.54) is 84.5 Å². The quantitative estimate of drug-likeness (QED) is 0.418. The van der Waals surface area contributed by atoms with Crippen molar-refractivity contribution in [3.05, 3.63) is 64.8 Å². The lowest BCUT2D eigenvalue weighted by Gasteiger charge is -2.17. The number of benzene rings is 2. The molecule has 0 spiro atoms. The highest BCUT2D eigenvalue weighted by Crippen LogP contribution is 2.40. The van der Waals surface area contributed by atoms with Gasteiger partial charge in [-0.3, -0.25) is 0 Å². The maximum absolute atomic E-state index is 2.51. The molecule has 3 aromatic rings. The Labute approximate surface area is 175 Å². The Kier molecular flexibility index (Phi) is 4.94. The van der Waals surface area contributed by atoms with Gasteiger partial charge >= 0.3 is 0 Å². The SMILES string of the molecule is Cc1cc(C2CCCC2)cc(-c2c3ccc(C4CCCC4)cc3cc[n+]2C)c1C. The summed E-state index contributed by atoms with van der Waals surface area (Å²) in [5.41, 5.74) is 8.76. The van der Waals surface area contributed by atoms with Gasteiger partial charge in [0.25, 0.3) is 0 Å². The van der Waals surface area contributed by atoms with E-state index >= 15 is 0 Å². The molecule has 1 heterocycles. The Morgan fingerprint density at radius 2 is 1.41 bits per heavy atom. The van der Waals surface area contributed by atoms with Crippen molar-refractivity contribution >= 4 is 10.8 Å². The monoisotopic (exact) mass is 384 g/mol. The smallest absolute Gasteiger partial charge is 0.200 e. The third-order valence-corrected chi connectivity index (χ3v) is 7.76. The summed E-state index contributed by atoms with van der Waals surface area (Å²) in [6.07, 6.45) is 13.3. The summed E-state index contributed by atoms with van der Waals surface area (Å²) < 4.78 is 2.33. The maximum Gasteiger partial charge on any atom is 0.220 e. The van der Waals surface area contributed by atoms with Gasteiger partial charge in [-0.25, -0.2) is 4.57 Å². The van der Waals surface area contributed by atoms with Crippen molar-refractivity contribution < 1.29 is 4.57 Å². The highest BCUT2D eigenvalue weighted by molar-refractivity contribution is 5.94. The first-order valence-corrected chi connectivity index (χ1v) is 11.7. The fourth-order valence-corrected chi connectivity index (χ4v) is 5.87. The number of hydrogen-bond donors (Lipinski definition) is 0. The number of nitrogens with zero attached hydrogens (tertiary/aromatic N) is 1. The molecule has 1 aromatic heterocycles. The zero-order valence-corrected chi connectivity index (χ0v) is 18.3. The first-order chi connectivity index (χ1) is 14.1. The molecule has 0 bridgehead atoms. The molecule has 1 nitrogen and oxygen atoms in total. The van der Waals surface area contributed by atoms with Gasteiger partial charge in [-0.1, -0.05) is 43.9 Å². The average Bonchev–Trinajstić information content (AvgIpc) is 3.44. The van der Waals surface area contributed by atoms with Gasteiger partial charge in [0.2, 0.25) is 5.69 Å². The predicted molar refractivity (Wildman–Crippen MR) is 122 cm³/mol. The Hall–Kier alpha value is -2.15. The minimum Gasteiger partial charge on any atom is -0.200 e. The Bertz CT molecular complexity index is 1050. The van der Waals surface area contributed by atoms with Crippen LogP contribution in [0.5, 0.6) is 0 Å². The molecule has 29 heavy (non-hydrogen) atoms. The molecular weight excluding hydrogens is 350 g/mol. The lowest BCUT2D eigenvalue weighted by atomic mass is 9.88. The normalized spacial score (nSPS) is 18.2. The second-order valence-corrected chi connectivity index (χ2v) is 9.60. The van der Waals surface area contributed by atoms with Crippen molar-refractivity contribution in [2.75, 3.05) is 0 Å². The molecular formula is C28H34N+. The molecule has 2 aliphatic carbocycles. The number of pyridine rings is 1. The Morgan fingerprint density at radius 1 is 0.759 bits per heavy atom. The van der Waals surface area contributed by atoms with E-state index in [2.05, 4.69) is 68.1 Å². The molecule has 2 aromatic carbocycles. The van der Waals surface area contributed by atoms with E-state index in [0.29, 0.717) is 0 Å². The number of aryl methyl sites for hydroxylation is 2. The minimum atomic E-state index is 0.752. The third kappa shape index (κ3) is 3.39. The molecule has 1 heteroatoms. The molecule has 0 amide bonds. The number of aromatic nitrogens is 1. The van der Waals surface area contributed by atoms with Gasteiger partial charge in [0.15, 0.2) is 6.20 Å². The van der Waals surface area contributed by atoms with Gasteiger partial charge in [0, 0.05) is 6.07 Å². The van der Waals surface area contributed by atoms with Gasteiger partial charge in [-0.05, 0) is 91.1 Å².